The van der Waals surface area contributed by atoms with E-state index in [-0.39, 0.29) is 11.7 Å². The Hall–Kier alpha value is -0.980. The zero-order valence-corrected chi connectivity index (χ0v) is 13.8. The second-order valence-electron chi connectivity index (χ2n) is 5.21. The van der Waals surface area contributed by atoms with Crippen LogP contribution in [0.3, 0.4) is 0 Å². The summed E-state index contributed by atoms with van der Waals surface area (Å²) in [5.74, 6) is 1.90. The van der Waals surface area contributed by atoms with Crippen LogP contribution in [0.2, 0.25) is 5.02 Å². The minimum atomic E-state index is -2.81. The number of hydrogen-bond donors (Lipinski definition) is 1. The predicted octanol–water partition coefficient (Wildman–Crippen LogP) is 1.88. The van der Waals surface area contributed by atoms with Gasteiger partial charge in [0.15, 0.2) is 21.3 Å². The van der Waals surface area contributed by atoms with Crippen LogP contribution in [-0.4, -0.2) is 40.7 Å². The van der Waals surface area contributed by atoms with Crippen molar-refractivity contribution in [2.24, 2.45) is 5.92 Å². The normalized spacial score (nSPS) is 20.4. The van der Waals surface area contributed by atoms with Gasteiger partial charge in [0.05, 0.1) is 30.7 Å². The fraction of sp³-hybridized carbons (Fsp3) is 0.571. The average molecular weight is 334 g/mol. The Labute approximate surface area is 130 Å². The summed E-state index contributed by atoms with van der Waals surface area (Å²) in [5, 5.41) is 3.78. The van der Waals surface area contributed by atoms with Crippen LogP contribution in [0.4, 0.5) is 0 Å². The van der Waals surface area contributed by atoms with Crippen molar-refractivity contribution >= 4 is 21.4 Å². The number of ether oxygens (including phenoxy) is 2. The zero-order chi connectivity index (χ0) is 15.5. The van der Waals surface area contributed by atoms with E-state index < -0.39 is 9.84 Å². The van der Waals surface area contributed by atoms with Crippen molar-refractivity contribution in [2.45, 2.75) is 13.0 Å². The molecule has 21 heavy (non-hydrogen) atoms. The minimum Gasteiger partial charge on any atom is -0.493 e. The van der Waals surface area contributed by atoms with E-state index in [1.54, 1.807) is 14.2 Å². The highest BCUT2D eigenvalue weighted by molar-refractivity contribution is 7.91. The third-order valence-electron chi connectivity index (χ3n) is 3.58. The largest absolute Gasteiger partial charge is 0.493 e. The molecule has 0 bridgehead atoms. The van der Waals surface area contributed by atoms with Gasteiger partial charge in [-0.15, -0.1) is 0 Å². The van der Waals surface area contributed by atoms with Crippen LogP contribution in [0.5, 0.6) is 11.5 Å². The lowest BCUT2D eigenvalue weighted by molar-refractivity contribution is 0.354. The Bertz CT molecular complexity index is 603. The van der Waals surface area contributed by atoms with Crippen LogP contribution in [0.1, 0.15) is 12.0 Å². The zero-order valence-electron chi connectivity index (χ0n) is 12.2. The number of hydrogen-bond acceptors (Lipinski definition) is 5. The van der Waals surface area contributed by atoms with Gasteiger partial charge in [0, 0.05) is 6.54 Å². The Morgan fingerprint density at radius 3 is 2.67 bits per heavy atom. The average Bonchev–Trinajstić information content (AvgIpc) is 2.77. The topological polar surface area (TPSA) is 64.6 Å². The molecule has 0 spiro atoms. The minimum absolute atomic E-state index is 0.200. The molecular formula is C14H20ClNO4S. The summed E-state index contributed by atoms with van der Waals surface area (Å²) < 4.78 is 33.2. The summed E-state index contributed by atoms with van der Waals surface area (Å²) in [6, 6.07) is 3.68. The van der Waals surface area contributed by atoms with Gasteiger partial charge in [-0.1, -0.05) is 11.6 Å². The van der Waals surface area contributed by atoms with Gasteiger partial charge in [-0.2, -0.15) is 0 Å². The smallest absolute Gasteiger partial charge is 0.179 e. The molecule has 1 N–H and O–H groups in total. The van der Waals surface area contributed by atoms with Gasteiger partial charge in [0.25, 0.3) is 0 Å². The molecule has 1 aromatic carbocycles. The Balaban J connectivity index is 1.93. The molecule has 7 heteroatoms. The lowest BCUT2D eigenvalue weighted by Gasteiger charge is -2.13. The summed E-state index contributed by atoms with van der Waals surface area (Å²) in [4.78, 5) is 0. The van der Waals surface area contributed by atoms with Gasteiger partial charge >= 0.3 is 0 Å². The Kier molecular flexibility index (Phi) is 5.35. The first-order valence-corrected chi connectivity index (χ1v) is 8.96. The molecule has 0 saturated carbocycles. The quantitative estimate of drug-likeness (QED) is 0.861. The van der Waals surface area contributed by atoms with Crippen LogP contribution < -0.4 is 14.8 Å². The SMILES string of the molecule is COc1cc(CNCC2CCS(=O)(=O)C2)cc(Cl)c1OC. The first kappa shape index (κ1) is 16.4. The predicted molar refractivity (Wildman–Crippen MR) is 83.0 cm³/mol. The monoisotopic (exact) mass is 333 g/mol. The molecule has 1 atom stereocenters. The van der Waals surface area contributed by atoms with Crippen LogP contribution in [0.25, 0.3) is 0 Å². The van der Waals surface area contributed by atoms with E-state index in [1.807, 2.05) is 12.1 Å². The molecule has 0 aromatic heterocycles. The maximum Gasteiger partial charge on any atom is 0.179 e. The van der Waals surface area contributed by atoms with Gasteiger partial charge < -0.3 is 14.8 Å². The van der Waals surface area contributed by atoms with Gasteiger partial charge in [0.2, 0.25) is 0 Å². The van der Waals surface area contributed by atoms with Crippen LogP contribution in [0, 0.1) is 5.92 Å². The summed E-state index contributed by atoms with van der Waals surface area (Å²) in [5.41, 5.74) is 0.971. The molecule has 1 aromatic rings. The van der Waals surface area contributed by atoms with Crippen molar-refractivity contribution in [3.63, 3.8) is 0 Å². The van der Waals surface area contributed by atoms with Gasteiger partial charge in [0.1, 0.15) is 0 Å². The molecule has 1 aliphatic heterocycles. The lowest BCUT2D eigenvalue weighted by atomic mass is 10.1. The third-order valence-corrected chi connectivity index (χ3v) is 5.70. The Morgan fingerprint density at radius 2 is 2.10 bits per heavy atom. The van der Waals surface area contributed by atoms with Crippen LogP contribution in [-0.2, 0) is 16.4 Å². The van der Waals surface area contributed by atoms with E-state index in [4.69, 9.17) is 21.1 Å². The number of halogens is 1. The first-order valence-electron chi connectivity index (χ1n) is 6.76. The fourth-order valence-electron chi connectivity index (χ4n) is 2.53. The summed E-state index contributed by atoms with van der Waals surface area (Å²) in [7, 11) is 0.294. The number of benzene rings is 1. The number of methoxy groups -OCH3 is 2. The van der Waals surface area contributed by atoms with Crippen molar-refractivity contribution in [3.8, 4) is 11.5 Å². The maximum atomic E-state index is 11.4. The van der Waals surface area contributed by atoms with E-state index in [0.29, 0.717) is 35.4 Å². The highest BCUT2D eigenvalue weighted by Crippen LogP contribution is 2.35. The highest BCUT2D eigenvalue weighted by atomic mass is 35.5. The van der Waals surface area contributed by atoms with E-state index in [0.717, 1.165) is 12.0 Å². The van der Waals surface area contributed by atoms with Crippen molar-refractivity contribution in [1.82, 2.24) is 5.32 Å². The van der Waals surface area contributed by atoms with E-state index in [1.165, 1.54) is 0 Å². The number of sulfone groups is 1. The van der Waals surface area contributed by atoms with E-state index >= 15 is 0 Å². The van der Waals surface area contributed by atoms with Crippen molar-refractivity contribution in [2.75, 3.05) is 32.3 Å². The Morgan fingerprint density at radius 1 is 1.33 bits per heavy atom. The number of rotatable bonds is 6. The second kappa shape index (κ2) is 6.85. The molecule has 0 radical (unpaired) electrons. The molecule has 1 unspecified atom stereocenters. The number of nitrogens with one attached hydrogen (secondary N) is 1. The molecule has 2 rings (SSSR count). The standard InChI is InChI=1S/C14H20ClNO4S/c1-19-13-6-11(5-12(15)14(13)20-2)8-16-7-10-3-4-21(17,18)9-10/h5-6,10,16H,3-4,7-9H2,1-2H3. The summed E-state index contributed by atoms with van der Waals surface area (Å²) in [6.45, 7) is 1.29. The first-order chi connectivity index (χ1) is 9.95. The molecule has 118 valence electrons. The van der Waals surface area contributed by atoms with Gasteiger partial charge in [-0.05, 0) is 36.6 Å². The second-order valence-corrected chi connectivity index (χ2v) is 7.85. The fourth-order valence-corrected chi connectivity index (χ4v) is 4.70. The summed E-state index contributed by atoms with van der Waals surface area (Å²) >= 11 is 6.14. The van der Waals surface area contributed by atoms with Crippen molar-refractivity contribution < 1.29 is 17.9 Å². The molecule has 1 heterocycles. The van der Waals surface area contributed by atoms with E-state index in [2.05, 4.69) is 5.32 Å². The van der Waals surface area contributed by atoms with E-state index in [9.17, 15) is 8.42 Å². The molecule has 0 amide bonds. The van der Waals surface area contributed by atoms with Gasteiger partial charge in [-0.3, -0.25) is 0 Å². The lowest BCUT2D eigenvalue weighted by Crippen LogP contribution is -2.23. The highest BCUT2D eigenvalue weighted by Gasteiger charge is 2.27. The molecule has 1 fully saturated rings. The van der Waals surface area contributed by atoms with Crippen molar-refractivity contribution in [3.05, 3.63) is 22.7 Å². The molecule has 1 aliphatic rings. The van der Waals surface area contributed by atoms with Gasteiger partial charge in [-0.25, -0.2) is 8.42 Å². The van der Waals surface area contributed by atoms with Crippen molar-refractivity contribution in [1.29, 1.82) is 0 Å². The molecule has 5 nitrogen and oxygen atoms in total. The maximum absolute atomic E-state index is 11.4. The molecule has 1 saturated heterocycles. The summed E-state index contributed by atoms with van der Waals surface area (Å²) in [6.07, 6.45) is 0.738. The van der Waals surface area contributed by atoms with Crippen LogP contribution >= 0.6 is 11.6 Å². The molecule has 0 aliphatic carbocycles. The van der Waals surface area contributed by atoms with Crippen LogP contribution in [0.15, 0.2) is 12.1 Å². The molecular weight excluding hydrogens is 314 g/mol. The third kappa shape index (κ3) is 4.25.